The maximum Gasteiger partial charge on any atom is 0.134 e. The zero-order valence-electron chi connectivity index (χ0n) is 10.1. The third kappa shape index (κ3) is 2.07. The van der Waals surface area contributed by atoms with E-state index >= 15 is 0 Å². The number of nitrogens with one attached hydrogen (secondary N) is 1. The van der Waals surface area contributed by atoms with E-state index in [1.807, 2.05) is 30.3 Å². The lowest BCUT2D eigenvalue weighted by Crippen LogP contribution is -2.05. The molecule has 3 aromatic rings. The van der Waals surface area contributed by atoms with Gasteiger partial charge in [0.1, 0.15) is 11.3 Å². The Morgan fingerprint density at radius 1 is 1.17 bits per heavy atom. The van der Waals surface area contributed by atoms with Crippen LogP contribution in [0.15, 0.2) is 59.3 Å². The summed E-state index contributed by atoms with van der Waals surface area (Å²) in [5, 5.41) is 4.49. The average Bonchev–Trinajstić information content (AvgIpc) is 2.84. The van der Waals surface area contributed by atoms with Gasteiger partial charge in [0, 0.05) is 17.8 Å². The Morgan fingerprint density at radius 2 is 2.06 bits per heavy atom. The molecule has 0 aliphatic heterocycles. The second-order valence-corrected chi connectivity index (χ2v) is 4.29. The third-order valence-electron chi connectivity index (χ3n) is 2.92. The first-order valence-electron chi connectivity index (χ1n) is 5.98. The lowest BCUT2D eigenvalue weighted by molar-refractivity contribution is 0.526. The zero-order valence-corrected chi connectivity index (χ0v) is 10.1. The first-order valence-corrected chi connectivity index (χ1v) is 5.98. The summed E-state index contributed by atoms with van der Waals surface area (Å²) in [6.45, 7) is 2.07. The lowest BCUT2D eigenvalue weighted by Gasteiger charge is -2.11. The highest BCUT2D eigenvalue weighted by Crippen LogP contribution is 2.25. The molecule has 0 bridgehead atoms. The van der Waals surface area contributed by atoms with Crippen LogP contribution in [-0.4, -0.2) is 4.98 Å². The Labute approximate surface area is 105 Å². The maximum atomic E-state index is 5.82. The molecule has 90 valence electrons. The van der Waals surface area contributed by atoms with E-state index in [2.05, 4.69) is 29.4 Å². The minimum atomic E-state index is 0.113. The first-order chi connectivity index (χ1) is 8.83. The van der Waals surface area contributed by atoms with E-state index in [1.165, 1.54) is 0 Å². The molecule has 0 aliphatic carbocycles. The number of hydrogen-bond acceptors (Lipinski definition) is 3. The number of para-hydroxylation sites is 1. The smallest absolute Gasteiger partial charge is 0.134 e. The number of anilines is 1. The van der Waals surface area contributed by atoms with Crippen LogP contribution in [-0.2, 0) is 0 Å². The number of pyridine rings is 1. The first kappa shape index (κ1) is 10.8. The third-order valence-corrected chi connectivity index (χ3v) is 2.92. The Morgan fingerprint density at radius 3 is 2.83 bits per heavy atom. The lowest BCUT2D eigenvalue weighted by atomic mass is 10.2. The molecule has 0 radical (unpaired) electrons. The molecule has 3 nitrogen and oxygen atoms in total. The van der Waals surface area contributed by atoms with Crippen LogP contribution in [0.4, 0.5) is 5.69 Å². The highest BCUT2D eigenvalue weighted by atomic mass is 16.3. The summed E-state index contributed by atoms with van der Waals surface area (Å²) >= 11 is 0. The molecule has 2 aromatic heterocycles. The van der Waals surface area contributed by atoms with Crippen molar-refractivity contribution in [3.05, 3.63) is 60.6 Å². The number of aromatic nitrogens is 1. The predicted octanol–water partition coefficient (Wildman–Crippen LogP) is 4.00. The van der Waals surface area contributed by atoms with Crippen LogP contribution in [0.5, 0.6) is 0 Å². The highest BCUT2D eigenvalue weighted by Gasteiger charge is 2.10. The molecule has 1 unspecified atom stereocenters. The van der Waals surface area contributed by atoms with Gasteiger partial charge in [0.05, 0.1) is 11.7 Å². The Kier molecular flexibility index (Phi) is 2.73. The molecule has 3 heteroatoms. The van der Waals surface area contributed by atoms with Crippen LogP contribution in [0.3, 0.4) is 0 Å². The quantitative estimate of drug-likeness (QED) is 0.749. The van der Waals surface area contributed by atoms with Crippen molar-refractivity contribution >= 4 is 16.7 Å². The van der Waals surface area contributed by atoms with Gasteiger partial charge in [0.25, 0.3) is 0 Å². The Hall–Kier alpha value is -2.29. The molecule has 0 saturated carbocycles. The van der Waals surface area contributed by atoms with Gasteiger partial charge in [-0.1, -0.05) is 18.2 Å². The molecular weight excluding hydrogens is 224 g/mol. The summed E-state index contributed by atoms with van der Waals surface area (Å²) in [5.74, 6) is 0.931. The van der Waals surface area contributed by atoms with Gasteiger partial charge in [-0.15, -0.1) is 0 Å². The van der Waals surface area contributed by atoms with Gasteiger partial charge in [-0.3, -0.25) is 4.98 Å². The summed E-state index contributed by atoms with van der Waals surface area (Å²) in [7, 11) is 0. The van der Waals surface area contributed by atoms with Gasteiger partial charge in [0.15, 0.2) is 0 Å². The normalized spacial score (nSPS) is 12.5. The molecule has 0 fully saturated rings. The van der Waals surface area contributed by atoms with E-state index in [0.717, 1.165) is 22.4 Å². The van der Waals surface area contributed by atoms with Gasteiger partial charge >= 0.3 is 0 Å². The van der Waals surface area contributed by atoms with Gasteiger partial charge < -0.3 is 9.73 Å². The molecule has 1 aromatic carbocycles. The standard InChI is InChI=1S/C15H14N2O/c1-11(17-13-6-4-8-16-10-13)15-9-12-5-2-3-7-14(12)18-15/h2-11,17H,1H3. The highest BCUT2D eigenvalue weighted by molar-refractivity contribution is 5.77. The summed E-state index contributed by atoms with van der Waals surface area (Å²) in [6, 6.07) is 14.1. The average molecular weight is 238 g/mol. The van der Waals surface area contributed by atoms with Gasteiger partial charge in [0.2, 0.25) is 0 Å². The fourth-order valence-corrected chi connectivity index (χ4v) is 1.99. The van der Waals surface area contributed by atoms with Crippen LogP contribution in [0, 0.1) is 0 Å². The maximum absolute atomic E-state index is 5.82. The van der Waals surface area contributed by atoms with Crippen LogP contribution in [0.2, 0.25) is 0 Å². The molecule has 1 atom stereocenters. The molecule has 3 rings (SSSR count). The number of benzene rings is 1. The van der Waals surface area contributed by atoms with Crippen molar-refractivity contribution < 1.29 is 4.42 Å². The van der Waals surface area contributed by atoms with E-state index in [0.29, 0.717) is 0 Å². The molecular formula is C15H14N2O. The van der Waals surface area contributed by atoms with Crippen molar-refractivity contribution in [3.63, 3.8) is 0 Å². The second-order valence-electron chi connectivity index (χ2n) is 4.29. The molecule has 0 aliphatic rings. The number of fused-ring (bicyclic) bond motifs is 1. The fourth-order valence-electron chi connectivity index (χ4n) is 1.99. The molecule has 0 saturated heterocycles. The predicted molar refractivity (Wildman–Crippen MR) is 72.5 cm³/mol. The second kappa shape index (κ2) is 4.53. The molecule has 1 N–H and O–H groups in total. The summed E-state index contributed by atoms with van der Waals surface area (Å²) in [4.78, 5) is 4.08. The monoisotopic (exact) mass is 238 g/mol. The minimum Gasteiger partial charge on any atom is -0.459 e. The Bertz CT molecular complexity index is 613. The van der Waals surface area contributed by atoms with E-state index in [-0.39, 0.29) is 6.04 Å². The number of furan rings is 1. The zero-order chi connectivity index (χ0) is 12.4. The van der Waals surface area contributed by atoms with Crippen molar-refractivity contribution in [2.24, 2.45) is 0 Å². The summed E-state index contributed by atoms with van der Waals surface area (Å²) in [6.07, 6.45) is 3.57. The van der Waals surface area contributed by atoms with Crippen molar-refractivity contribution in [3.8, 4) is 0 Å². The topological polar surface area (TPSA) is 38.1 Å². The summed E-state index contributed by atoms with van der Waals surface area (Å²) < 4.78 is 5.82. The number of hydrogen-bond donors (Lipinski definition) is 1. The van der Waals surface area contributed by atoms with Gasteiger partial charge in [-0.05, 0) is 31.2 Å². The molecule has 18 heavy (non-hydrogen) atoms. The SMILES string of the molecule is CC(Nc1cccnc1)c1cc2ccccc2o1. The van der Waals surface area contributed by atoms with E-state index in [4.69, 9.17) is 4.42 Å². The van der Waals surface area contributed by atoms with Crippen molar-refractivity contribution in [1.29, 1.82) is 0 Å². The number of rotatable bonds is 3. The van der Waals surface area contributed by atoms with E-state index in [1.54, 1.807) is 12.4 Å². The van der Waals surface area contributed by atoms with Gasteiger partial charge in [-0.2, -0.15) is 0 Å². The minimum absolute atomic E-state index is 0.113. The van der Waals surface area contributed by atoms with Crippen LogP contribution >= 0.6 is 0 Å². The van der Waals surface area contributed by atoms with E-state index < -0.39 is 0 Å². The molecule has 0 spiro atoms. The van der Waals surface area contributed by atoms with Crippen molar-refractivity contribution in [2.45, 2.75) is 13.0 Å². The van der Waals surface area contributed by atoms with Crippen molar-refractivity contribution in [1.82, 2.24) is 4.98 Å². The largest absolute Gasteiger partial charge is 0.459 e. The molecule has 2 heterocycles. The van der Waals surface area contributed by atoms with Crippen LogP contribution in [0.1, 0.15) is 18.7 Å². The van der Waals surface area contributed by atoms with Crippen LogP contribution in [0.25, 0.3) is 11.0 Å². The van der Waals surface area contributed by atoms with Crippen LogP contribution < -0.4 is 5.32 Å². The van der Waals surface area contributed by atoms with Crippen molar-refractivity contribution in [2.75, 3.05) is 5.32 Å². The molecule has 0 amide bonds. The fraction of sp³-hybridized carbons (Fsp3) is 0.133. The van der Waals surface area contributed by atoms with E-state index in [9.17, 15) is 0 Å². The number of nitrogens with zero attached hydrogens (tertiary/aromatic N) is 1. The summed E-state index contributed by atoms with van der Waals surface area (Å²) in [5.41, 5.74) is 1.91. The Balaban J connectivity index is 1.86. The van der Waals surface area contributed by atoms with Gasteiger partial charge in [-0.25, -0.2) is 0 Å².